The lowest BCUT2D eigenvalue weighted by molar-refractivity contribution is 0.0822. The van der Waals surface area contributed by atoms with Gasteiger partial charge in [0.1, 0.15) is 5.82 Å². The fourth-order valence-corrected chi connectivity index (χ4v) is 3.61. The van der Waals surface area contributed by atoms with Crippen LogP contribution in [0.5, 0.6) is 5.75 Å². The molecule has 2 N–H and O–H groups in total. The van der Waals surface area contributed by atoms with Gasteiger partial charge in [0.05, 0.1) is 5.02 Å². The molecule has 0 spiro atoms. The minimum Gasteiger partial charge on any atom is -0.474 e. The van der Waals surface area contributed by atoms with E-state index >= 15 is 0 Å². The van der Waals surface area contributed by atoms with E-state index in [1.54, 1.807) is 19.9 Å². The molecule has 1 aliphatic carbocycles. The zero-order valence-electron chi connectivity index (χ0n) is 16.6. The number of amides is 1. The van der Waals surface area contributed by atoms with Crippen molar-refractivity contribution in [3.05, 3.63) is 64.2 Å². The van der Waals surface area contributed by atoms with Crippen LogP contribution in [0, 0.1) is 17.5 Å². The van der Waals surface area contributed by atoms with Crippen LogP contribution in [0.3, 0.4) is 0 Å². The van der Waals surface area contributed by atoms with Gasteiger partial charge in [-0.1, -0.05) is 11.6 Å². The van der Waals surface area contributed by atoms with E-state index in [0.29, 0.717) is 29.3 Å². The number of ether oxygens (including phenoxy) is 1. The SMILES string of the molecule is CC(C)(Oc1c(F)cc(F)cc1F)c1nnc(-c2ccc(C(N)=O)cc2Cl)n1C1CC1. The van der Waals surface area contributed by atoms with Crippen LogP contribution < -0.4 is 10.5 Å². The van der Waals surface area contributed by atoms with Gasteiger partial charge >= 0.3 is 0 Å². The average molecular weight is 451 g/mol. The first kappa shape index (κ1) is 21.2. The van der Waals surface area contributed by atoms with E-state index in [4.69, 9.17) is 22.1 Å². The zero-order chi connectivity index (χ0) is 22.5. The van der Waals surface area contributed by atoms with Crippen LogP contribution in [0.2, 0.25) is 5.02 Å². The van der Waals surface area contributed by atoms with Crippen LogP contribution in [-0.2, 0) is 5.60 Å². The van der Waals surface area contributed by atoms with Gasteiger partial charge in [-0.05, 0) is 44.9 Å². The number of hydrogen-bond donors (Lipinski definition) is 1. The number of nitrogens with zero attached hydrogens (tertiary/aromatic N) is 3. The number of aromatic nitrogens is 3. The maximum atomic E-state index is 14.2. The maximum absolute atomic E-state index is 14.2. The molecule has 1 aromatic heterocycles. The summed E-state index contributed by atoms with van der Waals surface area (Å²) < 4.78 is 49.0. The Morgan fingerprint density at radius 1 is 1.16 bits per heavy atom. The van der Waals surface area contributed by atoms with Gasteiger partial charge < -0.3 is 15.0 Å². The van der Waals surface area contributed by atoms with Crippen molar-refractivity contribution in [3.8, 4) is 17.1 Å². The summed E-state index contributed by atoms with van der Waals surface area (Å²) in [6.45, 7) is 3.17. The molecule has 0 atom stereocenters. The molecule has 1 saturated carbocycles. The van der Waals surface area contributed by atoms with Crippen LogP contribution >= 0.6 is 11.6 Å². The van der Waals surface area contributed by atoms with Crippen LogP contribution in [-0.4, -0.2) is 20.7 Å². The molecule has 0 radical (unpaired) electrons. The molecule has 162 valence electrons. The number of benzene rings is 2. The van der Waals surface area contributed by atoms with Crippen molar-refractivity contribution in [1.29, 1.82) is 0 Å². The Bertz CT molecular complexity index is 1170. The Hall–Kier alpha value is -3.07. The molecule has 0 unspecified atom stereocenters. The summed E-state index contributed by atoms with van der Waals surface area (Å²) in [5.41, 5.74) is 4.75. The molecule has 6 nitrogen and oxygen atoms in total. The molecule has 0 saturated heterocycles. The Balaban J connectivity index is 1.77. The molecule has 2 aromatic carbocycles. The van der Waals surface area contributed by atoms with Gasteiger partial charge in [-0.2, -0.15) is 0 Å². The van der Waals surface area contributed by atoms with Crippen molar-refractivity contribution >= 4 is 17.5 Å². The molecular weight excluding hydrogens is 433 g/mol. The molecule has 10 heteroatoms. The van der Waals surface area contributed by atoms with Gasteiger partial charge in [0.25, 0.3) is 0 Å². The van der Waals surface area contributed by atoms with Crippen LogP contribution in [0.25, 0.3) is 11.4 Å². The van der Waals surface area contributed by atoms with Gasteiger partial charge in [0, 0.05) is 29.3 Å². The predicted octanol–water partition coefficient (Wildman–Crippen LogP) is 4.76. The van der Waals surface area contributed by atoms with Gasteiger partial charge in [-0.15, -0.1) is 10.2 Å². The third kappa shape index (κ3) is 3.97. The summed E-state index contributed by atoms with van der Waals surface area (Å²) in [7, 11) is 0. The van der Waals surface area contributed by atoms with Gasteiger partial charge in [-0.25, -0.2) is 13.2 Å². The number of hydrogen-bond acceptors (Lipinski definition) is 4. The number of nitrogens with two attached hydrogens (primary N) is 1. The molecule has 1 fully saturated rings. The van der Waals surface area contributed by atoms with Crippen molar-refractivity contribution in [1.82, 2.24) is 14.8 Å². The molecule has 1 aliphatic rings. The third-order valence-corrected chi connectivity index (χ3v) is 5.27. The van der Waals surface area contributed by atoms with E-state index in [2.05, 4.69) is 10.2 Å². The van der Waals surface area contributed by atoms with Crippen LogP contribution in [0.1, 0.15) is 48.9 Å². The number of primary amides is 1. The minimum absolute atomic E-state index is 0.0534. The van der Waals surface area contributed by atoms with Crippen molar-refractivity contribution in [2.45, 2.75) is 38.3 Å². The Labute approximate surface area is 180 Å². The second kappa shape index (κ2) is 7.56. The van der Waals surface area contributed by atoms with E-state index in [-0.39, 0.29) is 16.6 Å². The lowest BCUT2D eigenvalue weighted by Crippen LogP contribution is -2.30. The second-order valence-corrected chi connectivity index (χ2v) is 8.23. The lowest BCUT2D eigenvalue weighted by atomic mass is 10.1. The standard InChI is InChI=1S/C21H18ClF3N4O2/c1-21(2,31-17-15(24)8-11(23)9-16(17)25)20-28-27-19(29(20)12-4-5-12)13-6-3-10(18(26)30)7-14(13)22/h3,6-9,12H,4-5H2,1-2H3,(H2,26,30). The lowest BCUT2D eigenvalue weighted by Gasteiger charge is -2.27. The first-order chi connectivity index (χ1) is 14.6. The van der Waals surface area contributed by atoms with Crippen LogP contribution in [0.4, 0.5) is 13.2 Å². The van der Waals surface area contributed by atoms with Gasteiger partial charge in [0.15, 0.2) is 34.6 Å². The van der Waals surface area contributed by atoms with Crippen LogP contribution in [0.15, 0.2) is 30.3 Å². The van der Waals surface area contributed by atoms with Crippen molar-refractivity contribution in [2.75, 3.05) is 0 Å². The summed E-state index contributed by atoms with van der Waals surface area (Å²) >= 11 is 6.36. The van der Waals surface area contributed by atoms with E-state index in [1.165, 1.54) is 12.1 Å². The second-order valence-electron chi connectivity index (χ2n) is 7.82. The largest absolute Gasteiger partial charge is 0.474 e. The quantitative estimate of drug-likeness (QED) is 0.586. The highest BCUT2D eigenvalue weighted by atomic mass is 35.5. The summed E-state index contributed by atoms with van der Waals surface area (Å²) in [5.74, 6) is -3.93. The molecule has 0 bridgehead atoms. The first-order valence-electron chi connectivity index (χ1n) is 9.47. The monoisotopic (exact) mass is 450 g/mol. The Morgan fingerprint density at radius 2 is 1.81 bits per heavy atom. The molecule has 0 aliphatic heterocycles. The smallest absolute Gasteiger partial charge is 0.248 e. The molecule has 1 amide bonds. The highest BCUT2D eigenvalue weighted by Gasteiger charge is 2.38. The fraction of sp³-hybridized carbons (Fsp3) is 0.286. The summed E-state index contributed by atoms with van der Waals surface area (Å²) in [4.78, 5) is 11.4. The Morgan fingerprint density at radius 3 is 2.35 bits per heavy atom. The summed E-state index contributed by atoms with van der Waals surface area (Å²) in [6.07, 6.45) is 1.70. The van der Waals surface area contributed by atoms with Crippen molar-refractivity contribution in [2.24, 2.45) is 5.73 Å². The van der Waals surface area contributed by atoms with E-state index in [1.807, 2.05) is 4.57 Å². The molecule has 4 rings (SSSR count). The zero-order valence-corrected chi connectivity index (χ0v) is 17.4. The number of halogens is 4. The van der Waals surface area contributed by atoms with E-state index in [9.17, 15) is 18.0 Å². The predicted molar refractivity (Wildman–Crippen MR) is 107 cm³/mol. The van der Waals surface area contributed by atoms with Gasteiger partial charge in [0.2, 0.25) is 5.91 Å². The molecular formula is C21H18ClF3N4O2. The molecule has 1 heterocycles. The molecule has 31 heavy (non-hydrogen) atoms. The van der Waals surface area contributed by atoms with Crippen molar-refractivity contribution < 1.29 is 22.7 Å². The first-order valence-corrected chi connectivity index (χ1v) is 9.85. The fourth-order valence-electron chi connectivity index (χ4n) is 3.34. The summed E-state index contributed by atoms with van der Waals surface area (Å²) in [6, 6.07) is 5.73. The topological polar surface area (TPSA) is 83.0 Å². The molecule has 3 aromatic rings. The normalized spacial score (nSPS) is 14.0. The number of rotatable bonds is 6. The summed E-state index contributed by atoms with van der Waals surface area (Å²) in [5, 5.41) is 8.71. The number of carbonyl (C=O) groups is 1. The van der Waals surface area contributed by atoms with Gasteiger partial charge in [-0.3, -0.25) is 4.79 Å². The van der Waals surface area contributed by atoms with Crippen molar-refractivity contribution in [3.63, 3.8) is 0 Å². The average Bonchev–Trinajstić information content (AvgIpc) is 3.42. The highest BCUT2D eigenvalue weighted by Crippen LogP contribution is 2.43. The maximum Gasteiger partial charge on any atom is 0.248 e. The number of carbonyl (C=O) groups excluding carboxylic acids is 1. The van der Waals surface area contributed by atoms with E-state index < -0.39 is 34.7 Å². The Kier molecular flexibility index (Phi) is 5.17. The third-order valence-electron chi connectivity index (χ3n) is 4.96. The van der Waals surface area contributed by atoms with E-state index in [0.717, 1.165) is 12.8 Å². The highest BCUT2D eigenvalue weighted by molar-refractivity contribution is 6.33. The minimum atomic E-state index is -1.31.